The highest BCUT2D eigenvalue weighted by Crippen LogP contribution is 2.37. The van der Waals surface area contributed by atoms with Crippen molar-refractivity contribution in [3.05, 3.63) is 0 Å². The number of aliphatic imine (C=N–C) groups is 2. The second kappa shape index (κ2) is 8.52. The highest BCUT2D eigenvalue weighted by Gasteiger charge is 2.48. The van der Waals surface area contributed by atoms with E-state index in [1.165, 1.54) is 0 Å². The Kier molecular flexibility index (Phi) is 6.01. The zero-order valence-electron chi connectivity index (χ0n) is 17.9. The van der Waals surface area contributed by atoms with Gasteiger partial charge in [-0.1, -0.05) is 6.92 Å². The third-order valence-electron chi connectivity index (χ3n) is 6.70. The lowest BCUT2D eigenvalue weighted by atomic mass is 9.78. The van der Waals surface area contributed by atoms with Crippen LogP contribution in [0.25, 0.3) is 0 Å². The van der Waals surface area contributed by atoms with Crippen molar-refractivity contribution < 1.29 is 14.3 Å². The Hall–Kier alpha value is -1.80. The summed E-state index contributed by atoms with van der Waals surface area (Å²) in [6, 6.07) is 0.208. The van der Waals surface area contributed by atoms with Crippen LogP contribution < -0.4 is 0 Å². The number of likely N-dealkylation sites (N-methyl/N-ethyl adjacent to an activating group) is 1. The summed E-state index contributed by atoms with van der Waals surface area (Å²) in [4.78, 5) is 24.8. The quantitative estimate of drug-likeness (QED) is 0.672. The summed E-state index contributed by atoms with van der Waals surface area (Å²) < 4.78 is 11.3. The number of methoxy groups -OCH3 is 1. The molecule has 0 aromatic carbocycles. The van der Waals surface area contributed by atoms with Gasteiger partial charge in [-0.15, -0.1) is 0 Å². The predicted molar refractivity (Wildman–Crippen MR) is 113 cm³/mol. The molecule has 4 heterocycles. The summed E-state index contributed by atoms with van der Waals surface area (Å²) in [5.74, 6) is 0.641. The summed E-state index contributed by atoms with van der Waals surface area (Å²) in [6.45, 7) is 9.13. The molecule has 29 heavy (non-hydrogen) atoms. The van der Waals surface area contributed by atoms with Crippen molar-refractivity contribution in [2.24, 2.45) is 32.8 Å². The van der Waals surface area contributed by atoms with Crippen LogP contribution in [0.15, 0.2) is 15.1 Å². The fourth-order valence-electron chi connectivity index (χ4n) is 5.10. The second-order valence-corrected chi connectivity index (χ2v) is 8.50. The molecule has 1 amide bonds. The molecule has 0 aromatic heterocycles. The molecule has 1 saturated heterocycles. The molecule has 0 spiro atoms. The van der Waals surface area contributed by atoms with Gasteiger partial charge in [-0.3, -0.25) is 19.8 Å². The number of hydrogen-bond donors (Lipinski definition) is 0. The average Bonchev–Trinajstić information content (AvgIpc) is 3.33. The number of rotatable bonds is 6. The van der Waals surface area contributed by atoms with Crippen LogP contribution in [0.1, 0.15) is 33.6 Å². The smallest absolute Gasteiger partial charge is 0.232 e. The SMILES string of the molecule is CCOC1N=CC(C2CC(C)C3C(=O)N(C4C=NN(CC)C4)CC3=N2)CC1OC. The third-order valence-corrected chi connectivity index (χ3v) is 6.70. The van der Waals surface area contributed by atoms with Crippen LogP contribution in [0.4, 0.5) is 0 Å². The van der Waals surface area contributed by atoms with Gasteiger partial charge in [0.2, 0.25) is 5.91 Å². The second-order valence-electron chi connectivity index (χ2n) is 8.50. The maximum Gasteiger partial charge on any atom is 0.232 e. The molecule has 7 atom stereocenters. The van der Waals surface area contributed by atoms with Gasteiger partial charge in [-0.05, 0) is 32.6 Å². The zero-order chi connectivity index (χ0) is 20.5. The Morgan fingerprint density at radius 2 is 2.07 bits per heavy atom. The Labute approximate surface area is 173 Å². The molecule has 0 aromatic rings. The predicted octanol–water partition coefficient (Wildman–Crippen LogP) is 1.45. The van der Waals surface area contributed by atoms with Crippen LogP contribution in [0.3, 0.4) is 0 Å². The molecule has 8 nitrogen and oxygen atoms in total. The Bertz CT molecular complexity index is 708. The molecule has 0 radical (unpaired) electrons. The van der Waals surface area contributed by atoms with Crippen molar-refractivity contribution in [1.82, 2.24) is 9.91 Å². The first-order valence-electron chi connectivity index (χ1n) is 10.9. The third kappa shape index (κ3) is 3.84. The molecule has 4 aliphatic rings. The molecule has 0 N–H and O–H groups in total. The van der Waals surface area contributed by atoms with Crippen LogP contribution in [0, 0.1) is 17.8 Å². The van der Waals surface area contributed by atoms with Crippen molar-refractivity contribution >= 4 is 24.0 Å². The molecule has 8 heteroatoms. The number of amides is 1. The molecule has 160 valence electrons. The number of fused-ring (bicyclic) bond motifs is 1. The fourth-order valence-corrected chi connectivity index (χ4v) is 5.10. The molecular formula is C21H33N5O3. The van der Waals surface area contributed by atoms with Crippen molar-refractivity contribution in [2.75, 3.05) is 33.4 Å². The molecule has 4 rings (SSSR count). The monoisotopic (exact) mass is 403 g/mol. The van der Waals surface area contributed by atoms with E-state index in [1.807, 2.05) is 29.3 Å². The molecule has 1 fully saturated rings. The van der Waals surface area contributed by atoms with Gasteiger partial charge in [-0.2, -0.15) is 5.10 Å². The van der Waals surface area contributed by atoms with Crippen molar-refractivity contribution in [1.29, 1.82) is 0 Å². The highest BCUT2D eigenvalue weighted by atomic mass is 16.5. The summed E-state index contributed by atoms with van der Waals surface area (Å²) >= 11 is 0. The van der Waals surface area contributed by atoms with Gasteiger partial charge in [0.05, 0.1) is 31.1 Å². The van der Waals surface area contributed by atoms with Crippen LogP contribution >= 0.6 is 0 Å². The normalized spacial score (nSPS) is 39.2. The van der Waals surface area contributed by atoms with E-state index in [1.54, 1.807) is 7.11 Å². The Balaban J connectivity index is 1.49. The number of likely N-dealkylation sites (tertiary alicyclic amines) is 1. The van der Waals surface area contributed by atoms with Gasteiger partial charge in [0.25, 0.3) is 0 Å². The Morgan fingerprint density at radius 3 is 2.76 bits per heavy atom. The first-order chi connectivity index (χ1) is 14.0. The van der Waals surface area contributed by atoms with E-state index >= 15 is 0 Å². The van der Waals surface area contributed by atoms with E-state index < -0.39 is 0 Å². The Morgan fingerprint density at radius 1 is 1.24 bits per heavy atom. The first-order valence-corrected chi connectivity index (χ1v) is 10.9. The number of ether oxygens (including phenoxy) is 2. The number of carbonyl (C=O) groups excluding carboxylic acids is 1. The minimum atomic E-state index is -0.227. The molecule has 4 aliphatic heterocycles. The van der Waals surface area contributed by atoms with E-state index in [0.29, 0.717) is 13.2 Å². The molecule has 7 unspecified atom stereocenters. The number of hydrogen-bond acceptors (Lipinski definition) is 7. The molecule has 0 bridgehead atoms. The largest absolute Gasteiger partial charge is 0.377 e. The van der Waals surface area contributed by atoms with Gasteiger partial charge in [0, 0.05) is 44.3 Å². The molecule has 0 saturated carbocycles. The lowest BCUT2D eigenvalue weighted by Gasteiger charge is -2.36. The number of carbonyl (C=O) groups is 1. The summed E-state index contributed by atoms with van der Waals surface area (Å²) in [5.41, 5.74) is 1.04. The van der Waals surface area contributed by atoms with Crippen LogP contribution in [-0.2, 0) is 14.3 Å². The fraction of sp³-hybridized carbons (Fsp3) is 0.810. The maximum absolute atomic E-state index is 13.1. The highest BCUT2D eigenvalue weighted by molar-refractivity contribution is 6.12. The standard InChI is InChI=1S/C21H33N5O3/c1-5-25-11-15(10-23-25)26-12-17-19(21(26)27)13(3)7-16(24-17)14-8-18(28-4)20(22-9-14)29-6-2/h9-10,13-16,18-20H,5-8,11-12H2,1-4H3. The molecular weight excluding hydrogens is 370 g/mol. The maximum atomic E-state index is 13.1. The van der Waals surface area contributed by atoms with Gasteiger partial charge < -0.3 is 14.4 Å². The lowest BCUT2D eigenvalue weighted by molar-refractivity contribution is -0.132. The first kappa shape index (κ1) is 20.5. The van der Waals surface area contributed by atoms with E-state index in [9.17, 15) is 4.79 Å². The van der Waals surface area contributed by atoms with Crippen molar-refractivity contribution in [3.8, 4) is 0 Å². The minimum absolute atomic E-state index is 0.0467. The van der Waals surface area contributed by atoms with Crippen LogP contribution in [0.2, 0.25) is 0 Å². The number of nitrogens with zero attached hydrogens (tertiary/aromatic N) is 5. The number of hydrazone groups is 1. The topological polar surface area (TPSA) is 79.1 Å². The average molecular weight is 404 g/mol. The van der Waals surface area contributed by atoms with Gasteiger partial charge in [0.15, 0.2) is 6.23 Å². The van der Waals surface area contributed by atoms with E-state index in [4.69, 9.17) is 14.5 Å². The van der Waals surface area contributed by atoms with Gasteiger partial charge in [0.1, 0.15) is 6.10 Å². The van der Waals surface area contributed by atoms with Gasteiger partial charge >= 0.3 is 0 Å². The van der Waals surface area contributed by atoms with E-state index in [-0.39, 0.29) is 48.1 Å². The van der Waals surface area contributed by atoms with E-state index in [0.717, 1.165) is 31.6 Å². The lowest BCUT2D eigenvalue weighted by Crippen LogP contribution is -2.43. The van der Waals surface area contributed by atoms with Crippen LogP contribution in [0.5, 0.6) is 0 Å². The van der Waals surface area contributed by atoms with Crippen molar-refractivity contribution in [3.63, 3.8) is 0 Å². The summed E-state index contributed by atoms with van der Waals surface area (Å²) in [5, 5.41) is 6.42. The minimum Gasteiger partial charge on any atom is -0.377 e. The summed E-state index contributed by atoms with van der Waals surface area (Å²) in [7, 11) is 1.72. The van der Waals surface area contributed by atoms with Crippen LogP contribution in [-0.4, -0.2) is 91.7 Å². The summed E-state index contributed by atoms with van der Waals surface area (Å²) in [6.07, 6.45) is 5.40. The molecule has 0 aliphatic carbocycles. The zero-order valence-corrected chi connectivity index (χ0v) is 17.9. The van der Waals surface area contributed by atoms with Crippen molar-refractivity contribution in [2.45, 2.75) is 58.0 Å². The van der Waals surface area contributed by atoms with E-state index in [2.05, 4.69) is 23.9 Å². The van der Waals surface area contributed by atoms with Gasteiger partial charge in [-0.25, -0.2) is 0 Å².